The summed E-state index contributed by atoms with van der Waals surface area (Å²) in [5.41, 5.74) is 2.30. The van der Waals surface area contributed by atoms with Gasteiger partial charge in [0.15, 0.2) is 0 Å². The molecule has 1 saturated heterocycles. The molecule has 1 aliphatic heterocycles. The summed E-state index contributed by atoms with van der Waals surface area (Å²) >= 11 is 0. The van der Waals surface area contributed by atoms with Crippen LogP contribution in [-0.4, -0.2) is 29.6 Å². The molecule has 1 fully saturated rings. The Morgan fingerprint density at radius 2 is 2.05 bits per heavy atom. The van der Waals surface area contributed by atoms with Crippen LogP contribution in [0.2, 0.25) is 0 Å². The van der Waals surface area contributed by atoms with E-state index in [1.165, 1.54) is 18.4 Å². The third-order valence-corrected chi connectivity index (χ3v) is 4.40. The summed E-state index contributed by atoms with van der Waals surface area (Å²) in [4.78, 5) is 11.6. The van der Waals surface area contributed by atoms with Gasteiger partial charge in [-0.15, -0.1) is 0 Å². The Kier molecular flexibility index (Phi) is 5.35. The van der Waals surface area contributed by atoms with Crippen molar-refractivity contribution in [2.45, 2.75) is 47.1 Å². The van der Waals surface area contributed by atoms with Crippen molar-refractivity contribution < 1.29 is 0 Å². The third-order valence-electron chi connectivity index (χ3n) is 4.40. The van der Waals surface area contributed by atoms with Crippen LogP contribution in [0.1, 0.15) is 44.9 Å². The molecule has 0 bridgehead atoms. The first kappa shape index (κ1) is 15.2. The van der Waals surface area contributed by atoms with Gasteiger partial charge in [0.2, 0.25) is 5.95 Å². The van der Waals surface area contributed by atoms with Gasteiger partial charge in [-0.05, 0) is 38.1 Å². The van der Waals surface area contributed by atoms with Crippen molar-refractivity contribution in [3.8, 4) is 0 Å². The van der Waals surface area contributed by atoms with E-state index in [-0.39, 0.29) is 0 Å². The Morgan fingerprint density at radius 1 is 1.35 bits per heavy atom. The van der Waals surface area contributed by atoms with Gasteiger partial charge in [-0.3, -0.25) is 0 Å². The highest BCUT2D eigenvalue weighted by molar-refractivity contribution is 5.33. The molecule has 0 spiro atoms. The Bertz CT molecular complexity index is 422. The minimum Gasteiger partial charge on any atom is -0.341 e. The second-order valence-electron chi connectivity index (χ2n) is 6.13. The molecule has 2 heterocycles. The van der Waals surface area contributed by atoms with Crippen LogP contribution in [0.5, 0.6) is 0 Å². The molecule has 112 valence electrons. The molecule has 1 aromatic rings. The number of hydrogen-bond acceptors (Lipinski definition) is 4. The maximum absolute atomic E-state index is 4.69. The van der Waals surface area contributed by atoms with E-state index in [4.69, 9.17) is 4.98 Å². The minimum absolute atomic E-state index is 0.794. The molecule has 0 unspecified atom stereocenters. The monoisotopic (exact) mass is 276 g/mol. The first-order valence-corrected chi connectivity index (χ1v) is 7.90. The van der Waals surface area contributed by atoms with Crippen LogP contribution >= 0.6 is 0 Å². The topological polar surface area (TPSA) is 41.1 Å². The van der Waals surface area contributed by atoms with Crippen molar-refractivity contribution in [1.82, 2.24) is 15.3 Å². The molecule has 0 radical (unpaired) electrons. The number of aromatic nitrogens is 2. The molecule has 0 aromatic carbocycles. The normalized spacial score (nSPS) is 16.9. The third kappa shape index (κ3) is 3.69. The number of nitrogens with zero attached hydrogens (tertiary/aromatic N) is 3. The quantitative estimate of drug-likeness (QED) is 0.898. The number of rotatable bonds is 5. The first-order valence-electron chi connectivity index (χ1n) is 7.90. The van der Waals surface area contributed by atoms with Crippen molar-refractivity contribution >= 4 is 5.95 Å². The molecule has 2 rings (SSSR count). The highest BCUT2D eigenvalue weighted by atomic mass is 15.3. The Labute approximate surface area is 123 Å². The maximum atomic E-state index is 4.69. The number of nitrogens with one attached hydrogen (secondary N) is 1. The molecule has 1 aromatic heterocycles. The van der Waals surface area contributed by atoms with E-state index in [0.29, 0.717) is 0 Å². The fourth-order valence-corrected chi connectivity index (χ4v) is 2.83. The van der Waals surface area contributed by atoms with Crippen LogP contribution in [0.25, 0.3) is 0 Å². The zero-order valence-corrected chi connectivity index (χ0v) is 13.3. The largest absolute Gasteiger partial charge is 0.341 e. The number of hydrogen-bond donors (Lipinski definition) is 1. The second-order valence-corrected chi connectivity index (χ2v) is 6.13. The molecule has 0 atom stereocenters. The number of aryl methyl sites for hydroxylation is 1. The average Bonchev–Trinajstić information content (AvgIpc) is 2.46. The molecule has 1 N–H and O–H groups in total. The van der Waals surface area contributed by atoms with E-state index in [1.54, 1.807) is 0 Å². The molecule has 0 amide bonds. The van der Waals surface area contributed by atoms with Crippen LogP contribution in [0.3, 0.4) is 0 Å². The van der Waals surface area contributed by atoms with Gasteiger partial charge >= 0.3 is 0 Å². The Hall–Kier alpha value is -1.16. The van der Waals surface area contributed by atoms with Gasteiger partial charge in [0.05, 0.1) is 0 Å². The summed E-state index contributed by atoms with van der Waals surface area (Å²) in [5, 5.41) is 3.33. The lowest BCUT2D eigenvalue weighted by Crippen LogP contribution is -2.36. The van der Waals surface area contributed by atoms with E-state index >= 15 is 0 Å². The van der Waals surface area contributed by atoms with Gasteiger partial charge in [-0.1, -0.05) is 20.8 Å². The highest BCUT2D eigenvalue weighted by Crippen LogP contribution is 2.26. The summed E-state index contributed by atoms with van der Waals surface area (Å²) in [6.07, 6.45) is 4.51. The van der Waals surface area contributed by atoms with Gasteiger partial charge < -0.3 is 10.2 Å². The van der Waals surface area contributed by atoms with E-state index in [1.807, 2.05) is 6.20 Å². The predicted octanol–water partition coefficient (Wildman–Crippen LogP) is 2.77. The van der Waals surface area contributed by atoms with Crippen molar-refractivity contribution in [1.29, 1.82) is 0 Å². The average molecular weight is 276 g/mol. The maximum Gasteiger partial charge on any atom is 0.225 e. The fraction of sp³-hybridized carbons (Fsp3) is 0.750. The predicted molar refractivity (Wildman–Crippen MR) is 83.9 cm³/mol. The summed E-state index contributed by atoms with van der Waals surface area (Å²) in [5.74, 6) is 2.56. The zero-order chi connectivity index (χ0) is 14.5. The lowest BCUT2D eigenvalue weighted by Gasteiger charge is -2.34. The molecule has 4 nitrogen and oxygen atoms in total. The van der Waals surface area contributed by atoms with E-state index in [0.717, 1.165) is 49.7 Å². The van der Waals surface area contributed by atoms with Crippen LogP contribution in [0.15, 0.2) is 6.20 Å². The van der Waals surface area contributed by atoms with E-state index in [2.05, 4.69) is 42.9 Å². The lowest BCUT2D eigenvalue weighted by atomic mass is 9.87. The minimum atomic E-state index is 0.794. The summed E-state index contributed by atoms with van der Waals surface area (Å²) in [7, 11) is 0. The van der Waals surface area contributed by atoms with Crippen LogP contribution in [0, 0.1) is 18.8 Å². The first-order chi connectivity index (χ1) is 9.61. The lowest BCUT2D eigenvalue weighted by molar-refractivity contribution is 0.310. The van der Waals surface area contributed by atoms with Crippen molar-refractivity contribution in [3.63, 3.8) is 0 Å². The van der Waals surface area contributed by atoms with E-state index < -0.39 is 0 Å². The van der Waals surface area contributed by atoms with Crippen molar-refractivity contribution in [3.05, 3.63) is 17.5 Å². The zero-order valence-electron chi connectivity index (χ0n) is 13.3. The van der Waals surface area contributed by atoms with Gasteiger partial charge in [-0.2, -0.15) is 0 Å². The molecule has 0 aliphatic carbocycles. The Morgan fingerprint density at radius 3 is 2.60 bits per heavy atom. The van der Waals surface area contributed by atoms with Crippen LogP contribution < -0.4 is 10.2 Å². The second kappa shape index (κ2) is 7.02. The molecular weight excluding hydrogens is 248 g/mol. The molecular formula is C16H28N4. The molecule has 20 heavy (non-hydrogen) atoms. The van der Waals surface area contributed by atoms with Crippen LogP contribution in [0.4, 0.5) is 5.95 Å². The SMILES string of the molecule is CCNCc1cnc(N2CCC(C(C)C)CC2)nc1C. The fourth-order valence-electron chi connectivity index (χ4n) is 2.83. The summed E-state index contributed by atoms with van der Waals surface area (Å²) in [6, 6.07) is 0. The summed E-state index contributed by atoms with van der Waals surface area (Å²) < 4.78 is 0. The highest BCUT2D eigenvalue weighted by Gasteiger charge is 2.23. The summed E-state index contributed by atoms with van der Waals surface area (Å²) in [6.45, 7) is 12.9. The van der Waals surface area contributed by atoms with Crippen LogP contribution in [-0.2, 0) is 6.54 Å². The van der Waals surface area contributed by atoms with Gasteiger partial charge in [0.25, 0.3) is 0 Å². The number of piperidine rings is 1. The smallest absolute Gasteiger partial charge is 0.225 e. The van der Waals surface area contributed by atoms with Crippen molar-refractivity contribution in [2.75, 3.05) is 24.5 Å². The number of anilines is 1. The van der Waals surface area contributed by atoms with Gasteiger partial charge in [-0.25, -0.2) is 9.97 Å². The standard InChI is InChI=1S/C16H28N4/c1-5-17-10-15-11-18-16(19-13(15)4)20-8-6-14(7-9-20)12(2)3/h11-12,14,17H,5-10H2,1-4H3. The van der Waals surface area contributed by atoms with E-state index in [9.17, 15) is 0 Å². The van der Waals surface area contributed by atoms with Crippen molar-refractivity contribution in [2.24, 2.45) is 11.8 Å². The van der Waals surface area contributed by atoms with Gasteiger partial charge in [0.1, 0.15) is 0 Å². The molecule has 4 heteroatoms. The molecule has 0 saturated carbocycles. The molecule has 1 aliphatic rings. The van der Waals surface area contributed by atoms with Gasteiger partial charge in [0, 0.05) is 37.1 Å². The Balaban J connectivity index is 1.98.